The molecule has 0 saturated carbocycles. The Kier molecular flexibility index (Phi) is 5.85. The normalized spacial score (nSPS) is 16.4. The van der Waals surface area contributed by atoms with Crippen molar-refractivity contribution in [3.8, 4) is 0 Å². The number of carboxylic acid groups (broad SMARTS) is 1. The predicted octanol–water partition coefficient (Wildman–Crippen LogP) is 1.55. The topological polar surface area (TPSA) is 80.0 Å². The quantitative estimate of drug-likeness (QED) is 0.744. The van der Waals surface area contributed by atoms with Crippen molar-refractivity contribution < 1.29 is 9.90 Å². The van der Waals surface area contributed by atoms with Gasteiger partial charge in [-0.15, -0.1) is 10.2 Å². The molecule has 20 heavy (non-hydrogen) atoms. The SMILES string of the molecule is CCNC(CCSc1nnc2n1CCCCC2)C(=O)O. The van der Waals surface area contributed by atoms with Crippen molar-refractivity contribution in [1.29, 1.82) is 0 Å². The number of hydrogen-bond donors (Lipinski definition) is 2. The second kappa shape index (κ2) is 7.64. The first kappa shape index (κ1) is 15.3. The highest BCUT2D eigenvalue weighted by Gasteiger charge is 2.18. The van der Waals surface area contributed by atoms with Crippen LogP contribution in [-0.4, -0.2) is 44.2 Å². The Balaban J connectivity index is 1.88. The zero-order valence-corrected chi connectivity index (χ0v) is 12.7. The zero-order valence-electron chi connectivity index (χ0n) is 11.8. The minimum absolute atomic E-state index is 0.473. The van der Waals surface area contributed by atoms with Gasteiger partial charge in [-0.05, 0) is 25.8 Å². The number of nitrogens with zero attached hydrogens (tertiary/aromatic N) is 3. The number of aliphatic carboxylic acids is 1. The van der Waals surface area contributed by atoms with Gasteiger partial charge in [-0.25, -0.2) is 0 Å². The number of thioether (sulfide) groups is 1. The maximum atomic E-state index is 11.1. The Morgan fingerprint density at radius 1 is 1.45 bits per heavy atom. The van der Waals surface area contributed by atoms with Crippen molar-refractivity contribution in [3.63, 3.8) is 0 Å². The number of nitrogens with one attached hydrogen (secondary N) is 1. The van der Waals surface area contributed by atoms with E-state index in [0.29, 0.717) is 13.0 Å². The summed E-state index contributed by atoms with van der Waals surface area (Å²) >= 11 is 1.61. The van der Waals surface area contributed by atoms with E-state index in [9.17, 15) is 4.79 Å². The van der Waals surface area contributed by atoms with E-state index in [4.69, 9.17) is 5.11 Å². The van der Waals surface area contributed by atoms with E-state index in [0.717, 1.165) is 29.7 Å². The van der Waals surface area contributed by atoms with Crippen molar-refractivity contribution in [2.24, 2.45) is 0 Å². The highest BCUT2D eigenvalue weighted by molar-refractivity contribution is 7.99. The summed E-state index contributed by atoms with van der Waals surface area (Å²) in [5, 5.41) is 21.5. The number of fused-ring (bicyclic) bond motifs is 1. The van der Waals surface area contributed by atoms with Gasteiger partial charge in [0.25, 0.3) is 0 Å². The molecule has 0 spiro atoms. The molecule has 1 unspecified atom stereocenters. The maximum Gasteiger partial charge on any atom is 0.320 e. The molecule has 7 heteroatoms. The summed E-state index contributed by atoms with van der Waals surface area (Å²) in [7, 11) is 0. The lowest BCUT2D eigenvalue weighted by molar-refractivity contribution is -0.139. The standard InChI is InChI=1S/C13H22N4O2S/c1-2-14-10(12(18)19)7-9-20-13-16-15-11-6-4-3-5-8-17(11)13/h10,14H,2-9H2,1H3,(H,18,19). The van der Waals surface area contributed by atoms with Gasteiger partial charge >= 0.3 is 5.97 Å². The number of carboxylic acids is 1. The van der Waals surface area contributed by atoms with Crippen LogP contribution >= 0.6 is 11.8 Å². The molecule has 0 aromatic carbocycles. The Morgan fingerprint density at radius 3 is 3.05 bits per heavy atom. The third-order valence-corrected chi connectivity index (χ3v) is 4.46. The van der Waals surface area contributed by atoms with Crippen LogP contribution in [0, 0.1) is 0 Å². The number of rotatable bonds is 7. The summed E-state index contributed by atoms with van der Waals surface area (Å²) < 4.78 is 2.20. The maximum absolute atomic E-state index is 11.1. The van der Waals surface area contributed by atoms with Crippen molar-refractivity contribution in [3.05, 3.63) is 5.82 Å². The molecule has 0 aliphatic carbocycles. The van der Waals surface area contributed by atoms with Gasteiger partial charge in [-0.3, -0.25) is 4.79 Å². The molecule has 0 amide bonds. The van der Waals surface area contributed by atoms with E-state index in [1.165, 1.54) is 19.3 Å². The van der Waals surface area contributed by atoms with Crippen LogP contribution in [0.4, 0.5) is 0 Å². The van der Waals surface area contributed by atoms with Gasteiger partial charge in [0.05, 0.1) is 0 Å². The van der Waals surface area contributed by atoms with E-state index in [1.807, 2.05) is 6.92 Å². The zero-order chi connectivity index (χ0) is 14.4. The minimum Gasteiger partial charge on any atom is -0.480 e. The van der Waals surface area contributed by atoms with Crippen molar-refractivity contribution in [2.45, 2.75) is 56.8 Å². The lowest BCUT2D eigenvalue weighted by Crippen LogP contribution is -2.36. The number of carbonyl (C=O) groups is 1. The van der Waals surface area contributed by atoms with Gasteiger partial charge in [-0.2, -0.15) is 0 Å². The van der Waals surface area contributed by atoms with E-state index >= 15 is 0 Å². The first-order chi connectivity index (χ1) is 9.72. The first-order valence-corrected chi connectivity index (χ1v) is 8.22. The van der Waals surface area contributed by atoms with Gasteiger partial charge in [0.15, 0.2) is 5.16 Å². The fraction of sp³-hybridized carbons (Fsp3) is 0.769. The second-order valence-electron chi connectivity index (χ2n) is 4.95. The predicted molar refractivity (Wildman–Crippen MR) is 78.0 cm³/mol. The number of aryl methyl sites for hydroxylation is 1. The molecule has 1 atom stereocenters. The molecule has 2 heterocycles. The third kappa shape index (κ3) is 3.96. The molecule has 6 nitrogen and oxygen atoms in total. The molecular weight excluding hydrogens is 276 g/mol. The van der Waals surface area contributed by atoms with Gasteiger partial charge in [0.2, 0.25) is 0 Å². The average Bonchev–Trinajstić information content (AvgIpc) is 2.66. The molecule has 1 aromatic heterocycles. The Hall–Kier alpha value is -1.08. The van der Waals surface area contributed by atoms with Crippen LogP contribution in [0.25, 0.3) is 0 Å². The Labute approximate surface area is 123 Å². The molecule has 112 valence electrons. The fourth-order valence-corrected chi connectivity index (χ4v) is 3.38. The van der Waals surface area contributed by atoms with Crippen LogP contribution in [-0.2, 0) is 17.8 Å². The van der Waals surface area contributed by atoms with Gasteiger partial charge in [0, 0.05) is 18.7 Å². The van der Waals surface area contributed by atoms with Crippen LogP contribution in [0.5, 0.6) is 0 Å². The third-order valence-electron chi connectivity index (χ3n) is 3.46. The summed E-state index contributed by atoms with van der Waals surface area (Å²) in [4.78, 5) is 11.1. The molecule has 0 fully saturated rings. The van der Waals surface area contributed by atoms with Crippen LogP contribution < -0.4 is 5.32 Å². The summed E-state index contributed by atoms with van der Waals surface area (Å²) in [5.74, 6) is 1.03. The van der Waals surface area contributed by atoms with E-state index in [2.05, 4.69) is 20.1 Å². The highest BCUT2D eigenvalue weighted by atomic mass is 32.2. The van der Waals surface area contributed by atoms with Gasteiger partial charge < -0.3 is 15.0 Å². The smallest absolute Gasteiger partial charge is 0.320 e. The molecular formula is C13H22N4O2S. The van der Waals surface area contributed by atoms with Crippen molar-refractivity contribution >= 4 is 17.7 Å². The number of aromatic nitrogens is 3. The van der Waals surface area contributed by atoms with E-state index < -0.39 is 12.0 Å². The second-order valence-corrected chi connectivity index (χ2v) is 6.01. The summed E-state index contributed by atoms with van der Waals surface area (Å²) in [6, 6.07) is -0.473. The monoisotopic (exact) mass is 298 g/mol. The average molecular weight is 298 g/mol. The first-order valence-electron chi connectivity index (χ1n) is 7.23. The van der Waals surface area contributed by atoms with Crippen LogP contribution in [0.15, 0.2) is 5.16 Å². The lowest BCUT2D eigenvalue weighted by Gasteiger charge is -2.12. The van der Waals surface area contributed by atoms with Crippen LogP contribution in [0.2, 0.25) is 0 Å². The van der Waals surface area contributed by atoms with Gasteiger partial charge in [0.1, 0.15) is 11.9 Å². The molecule has 1 aromatic rings. The molecule has 0 saturated heterocycles. The lowest BCUT2D eigenvalue weighted by atomic mass is 10.2. The molecule has 0 radical (unpaired) electrons. The van der Waals surface area contributed by atoms with Crippen molar-refractivity contribution in [2.75, 3.05) is 12.3 Å². The summed E-state index contributed by atoms with van der Waals surface area (Å²) in [6.45, 7) is 3.57. The summed E-state index contributed by atoms with van der Waals surface area (Å²) in [6.07, 6.45) is 5.20. The molecule has 2 N–H and O–H groups in total. The number of likely N-dealkylation sites (N-methyl/N-ethyl adjacent to an activating group) is 1. The largest absolute Gasteiger partial charge is 0.480 e. The Bertz CT molecular complexity index is 450. The van der Waals surface area contributed by atoms with Crippen LogP contribution in [0.1, 0.15) is 38.4 Å². The molecule has 1 aliphatic heterocycles. The summed E-state index contributed by atoms with van der Waals surface area (Å²) in [5.41, 5.74) is 0. The highest BCUT2D eigenvalue weighted by Crippen LogP contribution is 2.22. The fourth-order valence-electron chi connectivity index (χ4n) is 2.39. The molecule has 1 aliphatic rings. The van der Waals surface area contributed by atoms with E-state index in [1.54, 1.807) is 11.8 Å². The van der Waals surface area contributed by atoms with Gasteiger partial charge in [-0.1, -0.05) is 25.1 Å². The number of hydrogen-bond acceptors (Lipinski definition) is 5. The van der Waals surface area contributed by atoms with Crippen molar-refractivity contribution in [1.82, 2.24) is 20.1 Å². The molecule has 2 rings (SSSR count). The Morgan fingerprint density at radius 2 is 2.30 bits per heavy atom. The molecule has 0 bridgehead atoms. The minimum atomic E-state index is -0.785. The van der Waals surface area contributed by atoms with E-state index in [-0.39, 0.29) is 0 Å². The van der Waals surface area contributed by atoms with Crippen LogP contribution in [0.3, 0.4) is 0 Å².